The van der Waals surface area contributed by atoms with Gasteiger partial charge in [0.1, 0.15) is 5.82 Å². The van der Waals surface area contributed by atoms with E-state index in [4.69, 9.17) is 0 Å². The lowest BCUT2D eigenvalue weighted by molar-refractivity contribution is 0.101. The molecule has 1 heterocycles. The van der Waals surface area contributed by atoms with Gasteiger partial charge < -0.3 is 4.98 Å². The van der Waals surface area contributed by atoms with E-state index in [-0.39, 0.29) is 11.6 Å². The fourth-order valence-corrected chi connectivity index (χ4v) is 1.87. The lowest BCUT2D eigenvalue weighted by Gasteiger charge is -1.96. The molecule has 2 nitrogen and oxygen atoms in total. The number of Topliss-reactive ketones (excluding diaryl/α,β-unsaturated/α-hetero) is 1. The highest BCUT2D eigenvalue weighted by molar-refractivity contribution is 6.01. The van der Waals surface area contributed by atoms with Crippen LogP contribution in [0.15, 0.2) is 12.1 Å². The predicted molar refractivity (Wildman–Crippen MR) is 57.7 cm³/mol. The summed E-state index contributed by atoms with van der Waals surface area (Å²) in [6.07, 6.45) is 0. The molecule has 0 spiro atoms. The van der Waals surface area contributed by atoms with E-state index in [2.05, 4.69) is 4.98 Å². The number of aromatic amines is 1. The van der Waals surface area contributed by atoms with Crippen molar-refractivity contribution >= 4 is 16.7 Å². The second kappa shape index (κ2) is 3.19. The first-order valence-electron chi connectivity index (χ1n) is 4.80. The number of hydrogen-bond acceptors (Lipinski definition) is 1. The molecule has 0 bridgehead atoms. The Balaban J connectivity index is 2.88. The minimum atomic E-state index is -0.305. The van der Waals surface area contributed by atoms with Crippen LogP contribution in [0.4, 0.5) is 4.39 Å². The van der Waals surface area contributed by atoms with Crippen LogP contribution in [0.1, 0.15) is 28.5 Å². The van der Waals surface area contributed by atoms with Crippen LogP contribution in [0.2, 0.25) is 0 Å². The third-order valence-electron chi connectivity index (χ3n) is 2.62. The van der Waals surface area contributed by atoms with Gasteiger partial charge >= 0.3 is 0 Å². The number of aryl methyl sites for hydroxylation is 2. The molecule has 0 saturated heterocycles. The molecule has 0 aliphatic rings. The van der Waals surface area contributed by atoms with E-state index >= 15 is 0 Å². The number of aromatic nitrogens is 1. The van der Waals surface area contributed by atoms with E-state index in [1.54, 1.807) is 0 Å². The number of carbonyl (C=O) groups is 1. The third kappa shape index (κ3) is 1.44. The number of fused-ring (bicyclic) bond motifs is 1. The molecule has 2 aromatic rings. The molecule has 0 unspecified atom stereocenters. The Bertz CT molecular complexity index is 554. The van der Waals surface area contributed by atoms with Gasteiger partial charge in [-0.15, -0.1) is 0 Å². The monoisotopic (exact) mass is 205 g/mol. The molecule has 0 radical (unpaired) electrons. The summed E-state index contributed by atoms with van der Waals surface area (Å²) in [7, 11) is 0. The van der Waals surface area contributed by atoms with Gasteiger partial charge in [0.2, 0.25) is 0 Å². The number of H-pyrrole nitrogens is 1. The second-order valence-electron chi connectivity index (χ2n) is 3.85. The average Bonchev–Trinajstić information content (AvgIpc) is 2.44. The number of halogens is 1. The molecule has 3 heteroatoms. The first kappa shape index (κ1) is 9.90. The number of nitrogens with one attached hydrogen (secondary N) is 1. The van der Waals surface area contributed by atoms with Crippen LogP contribution in [-0.2, 0) is 0 Å². The van der Waals surface area contributed by atoms with Crippen LogP contribution in [-0.4, -0.2) is 10.8 Å². The Hall–Kier alpha value is -1.64. The summed E-state index contributed by atoms with van der Waals surface area (Å²) in [5.74, 6) is -0.374. The molecule has 1 aromatic carbocycles. The lowest BCUT2D eigenvalue weighted by Crippen LogP contribution is -1.93. The van der Waals surface area contributed by atoms with Gasteiger partial charge in [-0.05, 0) is 37.1 Å². The van der Waals surface area contributed by atoms with Crippen LogP contribution in [0.25, 0.3) is 10.9 Å². The first-order chi connectivity index (χ1) is 7.00. The van der Waals surface area contributed by atoms with E-state index in [1.807, 2.05) is 19.9 Å². The standard InChI is InChI=1S/C12H12FNO/c1-6-4-9-7(2)11(8(3)15)14-12(9)10(13)5-6/h4-5,14H,1-3H3. The quantitative estimate of drug-likeness (QED) is 0.713. The molecule has 0 aliphatic heterocycles. The van der Waals surface area contributed by atoms with Crippen molar-refractivity contribution in [1.82, 2.24) is 4.98 Å². The van der Waals surface area contributed by atoms with E-state index < -0.39 is 0 Å². The summed E-state index contributed by atoms with van der Waals surface area (Å²) in [6.45, 7) is 5.14. The van der Waals surface area contributed by atoms with Gasteiger partial charge in [-0.1, -0.05) is 0 Å². The average molecular weight is 205 g/mol. The largest absolute Gasteiger partial charge is 0.350 e. The van der Waals surface area contributed by atoms with Gasteiger partial charge in [0.05, 0.1) is 11.2 Å². The summed E-state index contributed by atoms with van der Waals surface area (Å²) >= 11 is 0. The number of rotatable bonds is 1. The van der Waals surface area contributed by atoms with Crippen LogP contribution >= 0.6 is 0 Å². The number of carbonyl (C=O) groups excluding carboxylic acids is 1. The summed E-state index contributed by atoms with van der Waals surface area (Å²) in [5.41, 5.74) is 2.59. The maximum absolute atomic E-state index is 13.6. The van der Waals surface area contributed by atoms with Gasteiger partial charge in [-0.25, -0.2) is 4.39 Å². The Morgan fingerprint density at radius 2 is 2.00 bits per heavy atom. The van der Waals surface area contributed by atoms with E-state index in [0.29, 0.717) is 11.2 Å². The van der Waals surface area contributed by atoms with E-state index in [1.165, 1.54) is 13.0 Å². The molecule has 1 aromatic heterocycles. The van der Waals surface area contributed by atoms with Gasteiger partial charge in [0.25, 0.3) is 0 Å². The number of hydrogen-bond donors (Lipinski definition) is 1. The van der Waals surface area contributed by atoms with Crippen molar-refractivity contribution in [1.29, 1.82) is 0 Å². The highest BCUT2D eigenvalue weighted by Gasteiger charge is 2.13. The summed E-state index contributed by atoms with van der Waals surface area (Å²) in [6, 6.07) is 3.35. The normalized spacial score (nSPS) is 10.9. The van der Waals surface area contributed by atoms with Gasteiger partial charge in [0, 0.05) is 12.3 Å². The van der Waals surface area contributed by atoms with Crippen LogP contribution in [0.3, 0.4) is 0 Å². The van der Waals surface area contributed by atoms with Crippen molar-refractivity contribution in [2.24, 2.45) is 0 Å². The Morgan fingerprint density at radius 3 is 2.60 bits per heavy atom. The number of benzene rings is 1. The van der Waals surface area contributed by atoms with Crippen molar-refractivity contribution in [3.63, 3.8) is 0 Å². The maximum Gasteiger partial charge on any atom is 0.176 e. The minimum Gasteiger partial charge on any atom is -0.350 e. The summed E-state index contributed by atoms with van der Waals surface area (Å²) in [5, 5.41) is 0.790. The Labute approximate surface area is 87.1 Å². The zero-order chi connectivity index (χ0) is 11.2. The van der Waals surface area contributed by atoms with Gasteiger partial charge in [0.15, 0.2) is 5.78 Å². The zero-order valence-corrected chi connectivity index (χ0v) is 8.94. The number of ketones is 1. The van der Waals surface area contributed by atoms with Crippen LogP contribution in [0, 0.1) is 19.7 Å². The van der Waals surface area contributed by atoms with Crippen LogP contribution in [0.5, 0.6) is 0 Å². The molecular weight excluding hydrogens is 193 g/mol. The minimum absolute atomic E-state index is 0.0687. The van der Waals surface area contributed by atoms with E-state index in [9.17, 15) is 9.18 Å². The van der Waals surface area contributed by atoms with Crippen molar-refractivity contribution in [3.8, 4) is 0 Å². The predicted octanol–water partition coefficient (Wildman–Crippen LogP) is 3.13. The summed E-state index contributed by atoms with van der Waals surface area (Å²) < 4.78 is 13.6. The fourth-order valence-electron chi connectivity index (χ4n) is 1.87. The smallest absolute Gasteiger partial charge is 0.176 e. The second-order valence-corrected chi connectivity index (χ2v) is 3.85. The molecule has 0 amide bonds. The van der Waals surface area contributed by atoms with Gasteiger partial charge in [-0.3, -0.25) is 4.79 Å². The fraction of sp³-hybridized carbons (Fsp3) is 0.250. The zero-order valence-electron chi connectivity index (χ0n) is 8.94. The van der Waals surface area contributed by atoms with Crippen molar-refractivity contribution in [3.05, 3.63) is 34.8 Å². The topological polar surface area (TPSA) is 32.9 Å². The molecule has 0 saturated carbocycles. The Morgan fingerprint density at radius 1 is 1.33 bits per heavy atom. The van der Waals surface area contributed by atoms with Crippen molar-refractivity contribution < 1.29 is 9.18 Å². The molecular formula is C12H12FNO. The third-order valence-corrected chi connectivity index (χ3v) is 2.62. The lowest BCUT2D eigenvalue weighted by atomic mass is 10.1. The molecule has 2 rings (SSSR count). The van der Waals surface area contributed by atoms with Crippen molar-refractivity contribution in [2.75, 3.05) is 0 Å². The summed E-state index contributed by atoms with van der Waals surface area (Å²) in [4.78, 5) is 14.1. The SMILES string of the molecule is CC(=O)c1[nH]c2c(F)cc(C)cc2c1C. The Kier molecular flexibility index (Phi) is 2.11. The van der Waals surface area contributed by atoms with Gasteiger partial charge in [-0.2, -0.15) is 0 Å². The maximum atomic E-state index is 13.6. The molecule has 15 heavy (non-hydrogen) atoms. The molecule has 78 valence electrons. The molecule has 1 N–H and O–H groups in total. The molecule has 0 aliphatic carbocycles. The highest BCUT2D eigenvalue weighted by atomic mass is 19.1. The van der Waals surface area contributed by atoms with Crippen LogP contribution < -0.4 is 0 Å². The molecule has 0 atom stereocenters. The van der Waals surface area contributed by atoms with E-state index in [0.717, 1.165) is 16.5 Å². The van der Waals surface area contributed by atoms with Crippen molar-refractivity contribution in [2.45, 2.75) is 20.8 Å². The first-order valence-corrected chi connectivity index (χ1v) is 4.80. The highest BCUT2D eigenvalue weighted by Crippen LogP contribution is 2.25. The molecule has 0 fully saturated rings.